The zero-order chi connectivity index (χ0) is 14.2. The molecule has 2 N–H and O–H groups in total. The van der Waals surface area contributed by atoms with E-state index < -0.39 is 41.9 Å². The molecular formula is C10H12N2O7. The second kappa shape index (κ2) is 4.84. The Hall–Kier alpha value is -2.16. The number of cyclic esters (lactones) is 1. The number of esters is 1. The summed E-state index contributed by atoms with van der Waals surface area (Å²) in [5.41, 5.74) is 0. The summed E-state index contributed by atoms with van der Waals surface area (Å²) in [5, 5.41) is 12.1. The molecule has 2 rings (SSSR count). The summed E-state index contributed by atoms with van der Waals surface area (Å²) >= 11 is 0. The summed E-state index contributed by atoms with van der Waals surface area (Å²) in [6, 6.07) is -1.89. The van der Waals surface area contributed by atoms with E-state index in [4.69, 9.17) is 9.94 Å². The normalized spacial score (nSPS) is 30.4. The largest absolute Gasteiger partial charge is 0.478 e. The highest BCUT2D eigenvalue weighted by atomic mass is 16.7. The molecule has 0 aromatic rings. The Bertz CT molecular complexity index is 449. The number of hydrogen-bond acceptors (Lipinski definition) is 6. The molecule has 2 heterocycles. The minimum atomic E-state index is -1.45. The molecule has 0 aromatic heterocycles. The van der Waals surface area contributed by atoms with Gasteiger partial charge in [0.1, 0.15) is 18.7 Å². The van der Waals surface area contributed by atoms with Gasteiger partial charge in [-0.1, -0.05) is 0 Å². The number of nitrogens with one attached hydrogen (secondary N) is 1. The zero-order valence-electron chi connectivity index (χ0n) is 9.99. The lowest BCUT2D eigenvalue weighted by Crippen LogP contribution is -2.48. The Morgan fingerprint density at radius 2 is 2.11 bits per heavy atom. The molecule has 3 atom stereocenters. The van der Waals surface area contributed by atoms with Gasteiger partial charge in [-0.2, -0.15) is 0 Å². The molecule has 9 heteroatoms. The predicted molar refractivity (Wildman–Crippen MR) is 56.3 cm³/mol. The van der Waals surface area contributed by atoms with Gasteiger partial charge in [-0.3, -0.25) is 19.2 Å². The standard InChI is InChI=1S/C10H12N2O7/c1-4(13)11-5-3-18-12(9(5)15)6-2-7(14)19-8(6)10(16)17/h5-6,8H,2-3H2,1H3,(H,11,13)(H,16,17). The highest BCUT2D eigenvalue weighted by Gasteiger charge is 2.49. The Kier molecular flexibility index (Phi) is 3.38. The molecule has 9 nitrogen and oxygen atoms in total. The van der Waals surface area contributed by atoms with E-state index in [1.54, 1.807) is 0 Å². The van der Waals surface area contributed by atoms with Gasteiger partial charge in [0.25, 0.3) is 5.91 Å². The van der Waals surface area contributed by atoms with Gasteiger partial charge in [0, 0.05) is 6.92 Å². The van der Waals surface area contributed by atoms with E-state index in [1.807, 2.05) is 0 Å². The maximum Gasteiger partial charge on any atom is 0.347 e. The first-order chi connectivity index (χ1) is 8.90. The van der Waals surface area contributed by atoms with E-state index in [2.05, 4.69) is 10.1 Å². The first-order valence-electron chi connectivity index (χ1n) is 5.55. The van der Waals surface area contributed by atoms with Gasteiger partial charge >= 0.3 is 11.9 Å². The number of ether oxygens (including phenoxy) is 1. The fourth-order valence-corrected chi connectivity index (χ4v) is 2.02. The lowest BCUT2D eigenvalue weighted by molar-refractivity contribution is -0.185. The second-order valence-corrected chi connectivity index (χ2v) is 4.23. The van der Waals surface area contributed by atoms with Crippen LogP contribution in [0.5, 0.6) is 0 Å². The Balaban J connectivity index is 2.10. The maximum absolute atomic E-state index is 11.9. The summed E-state index contributed by atoms with van der Waals surface area (Å²) < 4.78 is 4.61. The molecule has 0 saturated carbocycles. The molecule has 0 aromatic carbocycles. The van der Waals surface area contributed by atoms with E-state index in [0.717, 1.165) is 5.06 Å². The van der Waals surface area contributed by atoms with Gasteiger partial charge in [0.15, 0.2) is 0 Å². The SMILES string of the molecule is CC(=O)NC1CON(C2CC(=O)OC2C(=O)O)C1=O. The summed E-state index contributed by atoms with van der Waals surface area (Å²) in [6.07, 6.45) is -1.71. The molecule has 2 aliphatic heterocycles. The summed E-state index contributed by atoms with van der Waals surface area (Å²) in [5.74, 6) is -3.06. The van der Waals surface area contributed by atoms with Crippen molar-refractivity contribution in [2.75, 3.05) is 6.61 Å². The first-order valence-corrected chi connectivity index (χ1v) is 5.55. The van der Waals surface area contributed by atoms with Gasteiger partial charge in [0.05, 0.1) is 6.42 Å². The molecule has 104 valence electrons. The van der Waals surface area contributed by atoms with Crippen molar-refractivity contribution in [1.29, 1.82) is 0 Å². The molecule has 3 unspecified atom stereocenters. The van der Waals surface area contributed by atoms with Crippen LogP contribution in [0, 0.1) is 0 Å². The smallest absolute Gasteiger partial charge is 0.347 e. The van der Waals surface area contributed by atoms with Gasteiger partial charge in [-0.15, -0.1) is 0 Å². The summed E-state index contributed by atoms with van der Waals surface area (Å²) in [4.78, 5) is 50.0. The number of hydroxylamine groups is 2. The molecular weight excluding hydrogens is 260 g/mol. The summed E-state index contributed by atoms with van der Waals surface area (Å²) in [6.45, 7) is 1.15. The molecule has 2 amide bonds. The molecule has 0 aliphatic carbocycles. The molecule has 19 heavy (non-hydrogen) atoms. The lowest BCUT2D eigenvalue weighted by Gasteiger charge is -2.23. The third kappa shape index (κ3) is 2.50. The number of carboxylic acids is 1. The number of aliphatic carboxylic acids is 1. The first kappa shape index (κ1) is 13.3. The minimum absolute atomic E-state index is 0.102. The predicted octanol–water partition coefficient (Wildman–Crippen LogP) is -1.97. The number of rotatable bonds is 3. The van der Waals surface area contributed by atoms with Crippen molar-refractivity contribution in [1.82, 2.24) is 10.4 Å². The molecule has 0 radical (unpaired) electrons. The van der Waals surface area contributed by atoms with Crippen LogP contribution >= 0.6 is 0 Å². The topological polar surface area (TPSA) is 122 Å². The van der Waals surface area contributed by atoms with Gasteiger partial charge in [-0.25, -0.2) is 9.86 Å². The molecule has 2 fully saturated rings. The molecule has 0 spiro atoms. The zero-order valence-corrected chi connectivity index (χ0v) is 9.99. The third-order valence-corrected chi connectivity index (χ3v) is 2.80. The van der Waals surface area contributed by atoms with Gasteiger partial charge in [0.2, 0.25) is 12.0 Å². The summed E-state index contributed by atoms with van der Waals surface area (Å²) in [7, 11) is 0. The van der Waals surface area contributed by atoms with Gasteiger partial charge < -0.3 is 15.2 Å². The van der Waals surface area contributed by atoms with Crippen molar-refractivity contribution in [2.24, 2.45) is 0 Å². The number of carbonyl (C=O) groups excluding carboxylic acids is 3. The fourth-order valence-electron chi connectivity index (χ4n) is 2.02. The van der Waals surface area contributed by atoms with E-state index in [-0.39, 0.29) is 13.0 Å². The quantitative estimate of drug-likeness (QED) is 0.571. The van der Waals surface area contributed by atoms with Crippen LogP contribution in [0.3, 0.4) is 0 Å². The van der Waals surface area contributed by atoms with Crippen molar-refractivity contribution in [2.45, 2.75) is 31.5 Å². The minimum Gasteiger partial charge on any atom is -0.478 e. The third-order valence-electron chi connectivity index (χ3n) is 2.80. The Morgan fingerprint density at radius 1 is 1.42 bits per heavy atom. The van der Waals surface area contributed by atoms with Crippen LogP contribution < -0.4 is 5.32 Å². The van der Waals surface area contributed by atoms with E-state index in [1.165, 1.54) is 6.92 Å². The van der Waals surface area contributed by atoms with Crippen LogP contribution in [0.1, 0.15) is 13.3 Å². The highest BCUT2D eigenvalue weighted by Crippen LogP contribution is 2.25. The number of nitrogens with zero attached hydrogens (tertiary/aromatic N) is 1. The molecule has 0 bridgehead atoms. The van der Waals surface area contributed by atoms with Gasteiger partial charge in [-0.05, 0) is 0 Å². The van der Waals surface area contributed by atoms with E-state index in [0.29, 0.717) is 0 Å². The second-order valence-electron chi connectivity index (χ2n) is 4.23. The Labute approximate surface area is 107 Å². The highest BCUT2D eigenvalue weighted by molar-refractivity contribution is 5.90. The van der Waals surface area contributed by atoms with E-state index >= 15 is 0 Å². The van der Waals surface area contributed by atoms with Crippen molar-refractivity contribution < 1.29 is 33.9 Å². The lowest BCUT2D eigenvalue weighted by atomic mass is 10.1. The van der Waals surface area contributed by atoms with Crippen molar-refractivity contribution in [3.8, 4) is 0 Å². The number of carboxylic acid groups (broad SMARTS) is 1. The number of hydrogen-bond donors (Lipinski definition) is 2. The number of carbonyl (C=O) groups is 4. The van der Waals surface area contributed by atoms with Crippen molar-refractivity contribution in [3.05, 3.63) is 0 Å². The Morgan fingerprint density at radius 3 is 2.68 bits per heavy atom. The van der Waals surface area contributed by atoms with E-state index in [9.17, 15) is 19.2 Å². The van der Waals surface area contributed by atoms with Crippen LogP contribution in [-0.4, -0.2) is 58.7 Å². The van der Waals surface area contributed by atoms with Crippen LogP contribution in [-0.2, 0) is 28.8 Å². The number of amides is 2. The van der Waals surface area contributed by atoms with Crippen LogP contribution in [0.4, 0.5) is 0 Å². The van der Waals surface area contributed by atoms with Crippen molar-refractivity contribution in [3.63, 3.8) is 0 Å². The average molecular weight is 272 g/mol. The molecule has 2 saturated heterocycles. The monoisotopic (exact) mass is 272 g/mol. The molecule has 2 aliphatic rings. The van der Waals surface area contributed by atoms with Crippen LogP contribution in [0.2, 0.25) is 0 Å². The van der Waals surface area contributed by atoms with Crippen LogP contribution in [0.15, 0.2) is 0 Å². The fraction of sp³-hybridized carbons (Fsp3) is 0.600. The van der Waals surface area contributed by atoms with Crippen molar-refractivity contribution >= 4 is 23.8 Å². The average Bonchev–Trinajstić information content (AvgIpc) is 2.83. The maximum atomic E-state index is 11.9. The van der Waals surface area contributed by atoms with Crippen LogP contribution in [0.25, 0.3) is 0 Å².